The molecule has 0 amide bonds. The number of aromatic nitrogens is 4. The van der Waals surface area contributed by atoms with Crippen LogP contribution in [0.4, 0.5) is 11.8 Å². The van der Waals surface area contributed by atoms with E-state index in [9.17, 15) is 0 Å². The lowest BCUT2D eigenvalue weighted by Crippen LogP contribution is -2.12. The monoisotopic (exact) mass is 248 g/mol. The summed E-state index contributed by atoms with van der Waals surface area (Å²) in [6, 6.07) is 0. The smallest absolute Gasteiger partial charge is 0.226 e. The predicted molar refractivity (Wildman–Crippen MR) is 73.8 cm³/mol. The van der Waals surface area contributed by atoms with Gasteiger partial charge in [0.1, 0.15) is 5.82 Å². The zero-order chi connectivity index (χ0) is 13.0. The Bertz CT molecular complexity index is 504. The van der Waals surface area contributed by atoms with Gasteiger partial charge in [0, 0.05) is 13.1 Å². The van der Waals surface area contributed by atoms with Gasteiger partial charge < -0.3 is 10.6 Å². The molecule has 0 bridgehead atoms. The van der Waals surface area contributed by atoms with E-state index in [4.69, 9.17) is 0 Å². The van der Waals surface area contributed by atoms with Gasteiger partial charge in [0.05, 0.1) is 11.6 Å². The molecule has 6 nitrogen and oxygen atoms in total. The standard InChI is InChI=1S/C12H20N6/c1-4-5-13-12-16-10(14-6-8(2)3)9-7-15-18-11(9)17-12/h7-8H,4-6H2,1-3H3,(H3,13,14,15,16,17,18). The minimum Gasteiger partial charge on any atom is -0.369 e. The van der Waals surface area contributed by atoms with Gasteiger partial charge in [-0.2, -0.15) is 15.1 Å². The Kier molecular flexibility index (Phi) is 3.96. The van der Waals surface area contributed by atoms with Crippen molar-refractivity contribution in [2.24, 2.45) is 5.92 Å². The fourth-order valence-corrected chi connectivity index (χ4v) is 1.59. The molecule has 2 heterocycles. The van der Waals surface area contributed by atoms with Gasteiger partial charge in [0.25, 0.3) is 0 Å². The molecular formula is C12H20N6. The molecule has 0 saturated heterocycles. The molecule has 0 aliphatic carbocycles. The Labute approximate surface area is 107 Å². The number of H-pyrrole nitrogens is 1. The lowest BCUT2D eigenvalue weighted by Gasteiger charge is -2.10. The predicted octanol–water partition coefficient (Wildman–Crippen LogP) is 2.24. The summed E-state index contributed by atoms with van der Waals surface area (Å²) in [6.45, 7) is 8.18. The number of anilines is 2. The van der Waals surface area contributed by atoms with Crippen LogP contribution in [0.3, 0.4) is 0 Å². The molecule has 2 aromatic rings. The van der Waals surface area contributed by atoms with Crippen LogP contribution in [0.25, 0.3) is 11.0 Å². The van der Waals surface area contributed by atoms with Crippen LogP contribution >= 0.6 is 0 Å². The van der Waals surface area contributed by atoms with E-state index in [1.54, 1.807) is 6.20 Å². The second kappa shape index (κ2) is 5.66. The van der Waals surface area contributed by atoms with Crippen LogP contribution in [0.15, 0.2) is 6.20 Å². The molecule has 0 radical (unpaired) electrons. The Morgan fingerprint density at radius 3 is 2.83 bits per heavy atom. The summed E-state index contributed by atoms with van der Waals surface area (Å²) in [5.74, 6) is 2.04. The average molecular weight is 248 g/mol. The maximum Gasteiger partial charge on any atom is 0.226 e. The SMILES string of the molecule is CCCNc1nc(NCC(C)C)c2cn[nH]c2n1. The van der Waals surface area contributed by atoms with Gasteiger partial charge in [-0.25, -0.2) is 0 Å². The number of hydrogen-bond donors (Lipinski definition) is 3. The summed E-state index contributed by atoms with van der Waals surface area (Å²) in [4.78, 5) is 8.87. The fourth-order valence-electron chi connectivity index (χ4n) is 1.59. The molecule has 0 aliphatic rings. The summed E-state index contributed by atoms with van der Waals surface area (Å²) >= 11 is 0. The van der Waals surface area contributed by atoms with E-state index in [-0.39, 0.29) is 0 Å². The molecule has 0 aromatic carbocycles. The van der Waals surface area contributed by atoms with Crippen molar-refractivity contribution in [3.63, 3.8) is 0 Å². The third-order valence-electron chi connectivity index (χ3n) is 2.52. The van der Waals surface area contributed by atoms with Crippen LogP contribution in [0, 0.1) is 5.92 Å². The van der Waals surface area contributed by atoms with E-state index < -0.39 is 0 Å². The number of aromatic amines is 1. The van der Waals surface area contributed by atoms with Crippen LogP contribution in [0.2, 0.25) is 0 Å². The Morgan fingerprint density at radius 2 is 2.11 bits per heavy atom. The Hall–Kier alpha value is -1.85. The topological polar surface area (TPSA) is 78.5 Å². The van der Waals surface area contributed by atoms with Crippen LogP contribution in [0.1, 0.15) is 27.2 Å². The van der Waals surface area contributed by atoms with E-state index in [0.29, 0.717) is 11.9 Å². The van der Waals surface area contributed by atoms with Crippen molar-refractivity contribution >= 4 is 22.8 Å². The van der Waals surface area contributed by atoms with Gasteiger partial charge in [-0.1, -0.05) is 20.8 Å². The average Bonchev–Trinajstić information content (AvgIpc) is 2.81. The lowest BCUT2D eigenvalue weighted by atomic mass is 10.2. The first-order valence-corrected chi connectivity index (χ1v) is 6.39. The molecular weight excluding hydrogens is 228 g/mol. The van der Waals surface area contributed by atoms with Gasteiger partial charge in [-0.3, -0.25) is 5.10 Å². The summed E-state index contributed by atoms with van der Waals surface area (Å²) in [5.41, 5.74) is 0.759. The van der Waals surface area contributed by atoms with Crippen molar-refractivity contribution < 1.29 is 0 Å². The van der Waals surface area contributed by atoms with Crippen LogP contribution in [-0.4, -0.2) is 33.3 Å². The van der Waals surface area contributed by atoms with E-state index >= 15 is 0 Å². The normalized spacial score (nSPS) is 11.1. The molecule has 0 unspecified atom stereocenters. The highest BCUT2D eigenvalue weighted by molar-refractivity contribution is 5.86. The lowest BCUT2D eigenvalue weighted by molar-refractivity contribution is 0.687. The van der Waals surface area contributed by atoms with E-state index in [0.717, 1.165) is 36.4 Å². The molecule has 2 rings (SSSR count). The summed E-state index contributed by atoms with van der Waals surface area (Å²) < 4.78 is 0. The number of hydrogen-bond acceptors (Lipinski definition) is 5. The Morgan fingerprint density at radius 1 is 1.28 bits per heavy atom. The molecule has 0 aliphatic heterocycles. The largest absolute Gasteiger partial charge is 0.369 e. The van der Waals surface area contributed by atoms with E-state index in [1.165, 1.54) is 0 Å². The zero-order valence-electron chi connectivity index (χ0n) is 11.1. The quantitative estimate of drug-likeness (QED) is 0.730. The third kappa shape index (κ3) is 2.88. The van der Waals surface area contributed by atoms with Crippen LogP contribution in [-0.2, 0) is 0 Å². The van der Waals surface area contributed by atoms with Crippen LogP contribution < -0.4 is 10.6 Å². The van der Waals surface area contributed by atoms with Crippen molar-refractivity contribution in [3.8, 4) is 0 Å². The van der Waals surface area contributed by atoms with Crippen molar-refractivity contribution in [2.75, 3.05) is 23.7 Å². The van der Waals surface area contributed by atoms with Gasteiger partial charge in [0.15, 0.2) is 5.65 Å². The highest BCUT2D eigenvalue weighted by atomic mass is 15.2. The van der Waals surface area contributed by atoms with Crippen molar-refractivity contribution in [1.29, 1.82) is 0 Å². The third-order valence-corrected chi connectivity index (χ3v) is 2.52. The van der Waals surface area contributed by atoms with Gasteiger partial charge in [-0.05, 0) is 12.3 Å². The number of fused-ring (bicyclic) bond motifs is 1. The van der Waals surface area contributed by atoms with Crippen molar-refractivity contribution in [3.05, 3.63) is 6.20 Å². The molecule has 0 spiro atoms. The second-order valence-electron chi connectivity index (χ2n) is 4.73. The first kappa shape index (κ1) is 12.6. The van der Waals surface area contributed by atoms with E-state index in [1.807, 2.05) is 0 Å². The van der Waals surface area contributed by atoms with Gasteiger partial charge in [0.2, 0.25) is 5.95 Å². The maximum absolute atomic E-state index is 4.49. The summed E-state index contributed by atoms with van der Waals surface area (Å²) in [5, 5.41) is 14.4. The Balaban J connectivity index is 2.26. The van der Waals surface area contributed by atoms with E-state index in [2.05, 4.69) is 51.6 Å². The van der Waals surface area contributed by atoms with Crippen LogP contribution in [0.5, 0.6) is 0 Å². The molecule has 2 aromatic heterocycles. The van der Waals surface area contributed by atoms with Gasteiger partial charge in [-0.15, -0.1) is 0 Å². The summed E-state index contributed by atoms with van der Waals surface area (Å²) in [6.07, 6.45) is 2.79. The fraction of sp³-hybridized carbons (Fsp3) is 0.583. The molecule has 0 fully saturated rings. The minimum absolute atomic E-state index is 0.564. The first-order valence-electron chi connectivity index (χ1n) is 6.39. The number of nitrogens with zero attached hydrogens (tertiary/aromatic N) is 3. The van der Waals surface area contributed by atoms with Crippen molar-refractivity contribution in [2.45, 2.75) is 27.2 Å². The maximum atomic E-state index is 4.49. The summed E-state index contributed by atoms with van der Waals surface area (Å²) in [7, 11) is 0. The van der Waals surface area contributed by atoms with Crippen molar-refractivity contribution in [1.82, 2.24) is 20.2 Å². The molecule has 3 N–H and O–H groups in total. The zero-order valence-corrected chi connectivity index (χ0v) is 11.1. The molecule has 6 heteroatoms. The molecule has 0 atom stereocenters. The minimum atomic E-state index is 0.564. The first-order chi connectivity index (χ1) is 8.70. The highest BCUT2D eigenvalue weighted by Gasteiger charge is 2.09. The highest BCUT2D eigenvalue weighted by Crippen LogP contribution is 2.20. The molecule has 18 heavy (non-hydrogen) atoms. The second-order valence-corrected chi connectivity index (χ2v) is 4.73. The molecule has 98 valence electrons. The van der Waals surface area contributed by atoms with Gasteiger partial charge >= 0.3 is 0 Å². The molecule has 0 saturated carbocycles. The number of nitrogens with one attached hydrogen (secondary N) is 3. The number of rotatable bonds is 6.